The van der Waals surface area contributed by atoms with Crippen LogP contribution < -0.4 is 5.43 Å². The number of Topliss-reactive ketones (excluding diaryl/α,β-unsaturated/α-hetero) is 1. The Balaban J connectivity index is 1.62. The molecule has 0 radical (unpaired) electrons. The number of amides is 3. The molecule has 3 amide bonds. The molecule has 0 atom stereocenters. The molecule has 0 spiro atoms. The number of aromatic carboxylic acids is 1. The molecular formula is C19H14N4O6. The molecule has 1 aliphatic heterocycles. The molecule has 3 rings (SSSR count). The van der Waals surface area contributed by atoms with E-state index in [2.05, 4.69) is 15.5 Å². The third-order valence-electron chi connectivity index (χ3n) is 4.01. The van der Waals surface area contributed by atoms with Gasteiger partial charge in [-0.3, -0.25) is 24.6 Å². The van der Waals surface area contributed by atoms with Crippen molar-refractivity contribution in [3.63, 3.8) is 0 Å². The molecule has 10 heteroatoms. The lowest BCUT2D eigenvalue weighted by Gasteiger charge is -2.10. The van der Waals surface area contributed by atoms with Crippen molar-refractivity contribution in [2.45, 2.75) is 12.8 Å². The average molecular weight is 394 g/mol. The normalized spacial score (nSPS) is 13.7. The lowest BCUT2D eigenvalue weighted by molar-refractivity contribution is -0.147. The maximum atomic E-state index is 12.2. The maximum absolute atomic E-state index is 12.2. The van der Waals surface area contributed by atoms with Crippen molar-refractivity contribution in [1.29, 1.82) is 0 Å². The largest absolute Gasteiger partial charge is 0.477 e. The lowest BCUT2D eigenvalue weighted by Crippen LogP contribution is -2.40. The molecule has 1 aromatic heterocycles. The highest BCUT2D eigenvalue weighted by molar-refractivity contribution is 6.47. The van der Waals surface area contributed by atoms with E-state index < -0.39 is 29.5 Å². The zero-order valence-electron chi connectivity index (χ0n) is 14.9. The van der Waals surface area contributed by atoms with E-state index in [1.54, 1.807) is 0 Å². The van der Waals surface area contributed by atoms with Gasteiger partial charge in [-0.2, -0.15) is 5.10 Å². The minimum atomic E-state index is -1.15. The van der Waals surface area contributed by atoms with Gasteiger partial charge in [-0.05, 0) is 17.7 Å². The van der Waals surface area contributed by atoms with Crippen molar-refractivity contribution < 1.29 is 29.1 Å². The summed E-state index contributed by atoms with van der Waals surface area (Å²) >= 11 is 0. The second kappa shape index (κ2) is 8.21. The Bertz CT molecular complexity index is 1010. The number of carbonyl (C=O) groups excluding carboxylic acids is 4. The Labute approximate surface area is 163 Å². The van der Waals surface area contributed by atoms with Crippen molar-refractivity contribution in [2.75, 3.05) is 5.43 Å². The van der Waals surface area contributed by atoms with E-state index in [1.807, 2.05) is 0 Å². The Kier molecular flexibility index (Phi) is 5.54. The Morgan fingerprint density at radius 1 is 1.03 bits per heavy atom. The maximum Gasteiger partial charge on any atom is 0.354 e. The van der Waals surface area contributed by atoms with Crippen LogP contribution >= 0.6 is 0 Å². The van der Waals surface area contributed by atoms with E-state index in [-0.39, 0.29) is 24.1 Å². The summed E-state index contributed by atoms with van der Waals surface area (Å²) in [5.74, 6) is -4.58. The van der Waals surface area contributed by atoms with Crippen molar-refractivity contribution in [1.82, 2.24) is 9.88 Å². The molecule has 0 saturated carbocycles. The number of anilines is 1. The van der Waals surface area contributed by atoms with Crippen molar-refractivity contribution >= 4 is 41.4 Å². The molecule has 29 heavy (non-hydrogen) atoms. The fourth-order valence-electron chi connectivity index (χ4n) is 2.52. The van der Waals surface area contributed by atoms with Crippen LogP contribution in [-0.2, 0) is 14.4 Å². The summed E-state index contributed by atoms with van der Waals surface area (Å²) < 4.78 is 0. The van der Waals surface area contributed by atoms with E-state index in [0.717, 1.165) is 0 Å². The third-order valence-corrected chi connectivity index (χ3v) is 4.01. The van der Waals surface area contributed by atoms with E-state index >= 15 is 0 Å². The molecule has 2 aromatic rings. The summed E-state index contributed by atoms with van der Waals surface area (Å²) in [7, 11) is 0. The fourth-order valence-corrected chi connectivity index (χ4v) is 2.52. The number of hydrogen-bond donors (Lipinski definition) is 2. The SMILES string of the molecule is O=C(C(=O)N1C(=O)CCC1=O)c1ccc(C=NNc2ccc(C(=O)O)nc2)cc1. The number of pyridine rings is 1. The van der Waals surface area contributed by atoms with Crippen LogP contribution in [0.5, 0.6) is 0 Å². The number of benzene rings is 1. The number of carboxylic acid groups (broad SMARTS) is 1. The number of carboxylic acids is 1. The second-order valence-corrected chi connectivity index (χ2v) is 5.99. The van der Waals surface area contributed by atoms with Crippen LogP contribution in [0.25, 0.3) is 0 Å². The van der Waals surface area contributed by atoms with Crippen LogP contribution in [0.15, 0.2) is 47.7 Å². The van der Waals surface area contributed by atoms with Crippen LogP contribution in [0.1, 0.15) is 39.3 Å². The molecule has 1 saturated heterocycles. The van der Waals surface area contributed by atoms with Crippen LogP contribution in [0.3, 0.4) is 0 Å². The number of ketones is 1. The molecule has 1 aromatic carbocycles. The average Bonchev–Trinajstić information content (AvgIpc) is 3.06. The van der Waals surface area contributed by atoms with Gasteiger partial charge in [-0.1, -0.05) is 24.3 Å². The van der Waals surface area contributed by atoms with Crippen molar-refractivity contribution in [3.05, 3.63) is 59.4 Å². The van der Waals surface area contributed by atoms with E-state index in [9.17, 15) is 24.0 Å². The van der Waals surface area contributed by atoms with E-state index in [0.29, 0.717) is 16.2 Å². The molecule has 0 bridgehead atoms. The minimum Gasteiger partial charge on any atom is -0.477 e. The highest BCUT2D eigenvalue weighted by Crippen LogP contribution is 2.14. The molecule has 1 fully saturated rings. The highest BCUT2D eigenvalue weighted by Gasteiger charge is 2.37. The molecule has 10 nitrogen and oxygen atoms in total. The Morgan fingerprint density at radius 2 is 1.69 bits per heavy atom. The second-order valence-electron chi connectivity index (χ2n) is 5.99. The summed E-state index contributed by atoms with van der Waals surface area (Å²) in [6.07, 6.45) is 2.60. The highest BCUT2D eigenvalue weighted by atomic mass is 16.4. The number of nitrogens with zero attached hydrogens (tertiary/aromatic N) is 3. The van der Waals surface area contributed by atoms with Gasteiger partial charge in [-0.15, -0.1) is 0 Å². The summed E-state index contributed by atoms with van der Waals surface area (Å²) in [6, 6.07) is 8.66. The van der Waals surface area contributed by atoms with Crippen LogP contribution in [0.4, 0.5) is 5.69 Å². The topological polar surface area (TPSA) is 146 Å². The van der Waals surface area contributed by atoms with E-state index in [1.165, 1.54) is 48.8 Å². The van der Waals surface area contributed by atoms with Gasteiger partial charge < -0.3 is 5.11 Å². The molecule has 2 heterocycles. The lowest BCUT2D eigenvalue weighted by atomic mass is 10.1. The number of imide groups is 3. The number of aromatic nitrogens is 1. The first-order valence-electron chi connectivity index (χ1n) is 8.40. The van der Waals surface area contributed by atoms with Crippen molar-refractivity contribution in [3.8, 4) is 0 Å². The fraction of sp³-hybridized carbons (Fsp3) is 0.105. The molecule has 146 valence electrons. The van der Waals surface area contributed by atoms with Crippen LogP contribution in [-0.4, -0.2) is 50.7 Å². The van der Waals surface area contributed by atoms with Crippen LogP contribution in [0.2, 0.25) is 0 Å². The summed E-state index contributed by atoms with van der Waals surface area (Å²) in [5, 5.41) is 12.8. The number of hydrazone groups is 1. The monoisotopic (exact) mass is 394 g/mol. The smallest absolute Gasteiger partial charge is 0.354 e. The van der Waals surface area contributed by atoms with Gasteiger partial charge >= 0.3 is 11.9 Å². The van der Waals surface area contributed by atoms with Crippen LogP contribution in [0, 0.1) is 0 Å². The first kappa shape index (κ1) is 19.5. The number of likely N-dealkylation sites (tertiary alicyclic amines) is 1. The quantitative estimate of drug-likeness (QED) is 0.243. The Hall–Kier alpha value is -4.21. The van der Waals surface area contributed by atoms with Gasteiger partial charge in [0, 0.05) is 18.4 Å². The molecule has 0 unspecified atom stereocenters. The van der Waals surface area contributed by atoms with Gasteiger partial charge in [0.2, 0.25) is 11.8 Å². The van der Waals surface area contributed by atoms with E-state index in [4.69, 9.17) is 5.11 Å². The number of rotatable bonds is 6. The van der Waals surface area contributed by atoms with Gasteiger partial charge in [0.15, 0.2) is 0 Å². The number of carbonyl (C=O) groups is 5. The molecular weight excluding hydrogens is 380 g/mol. The number of nitrogens with one attached hydrogen (secondary N) is 1. The van der Waals surface area contributed by atoms with Gasteiger partial charge in [0.1, 0.15) is 5.69 Å². The summed E-state index contributed by atoms with van der Waals surface area (Å²) in [6.45, 7) is 0. The molecule has 2 N–H and O–H groups in total. The summed E-state index contributed by atoms with van der Waals surface area (Å²) in [5.41, 5.74) is 3.70. The van der Waals surface area contributed by atoms with Gasteiger partial charge in [0.25, 0.3) is 5.78 Å². The first-order valence-corrected chi connectivity index (χ1v) is 8.40. The van der Waals surface area contributed by atoms with Gasteiger partial charge in [0.05, 0.1) is 18.1 Å². The van der Waals surface area contributed by atoms with Crippen molar-refractivity contribution in [2.24, 2.45) is 5.10 Å². The molecule has 1 aliphatic rings. The Morgan fingerprint density at radius 3 is 2.24 bits per heavy atom. The van der Waals surface area contributed by atoms with Gasteiger partial charge in [-0.25, -0.2) is 14.7 Å². The minimum absolute atomic E-state index is 0.0427. The zero-order valence-corrected chi connectivity index (χ0v) is 14.9. The standard InChI is InChI=1S/C19H14N4O6/c24-15-7-8-16(25)23(15)18(27)17(26)12-3-1-11(2-4-12)9-21-22-13-5-6-14(19(28)29)20-10-13/h1-6,9-10,22H,7-8H2,(H,28,29). The third kappa shape index (κ3) is 4.38. The first-order chi connectivity index (χ1) is 13.9. The predicted molar refractivity (Wildman–Crippen MR) is 99.3 cm³/mol. The summed E-state index contributed by atoms with van der Waals surface area (Å²) in [4.78, 5) is 62.3. The number of hydrogen-bond acceptors (Lipinski definition) is 8. The molecule has 0 aliphatic carbocycles. The predicted octanol–water partition coefficient (Wildman–Crippen LogP) is 1.08. The zero-order chi connectivity index (χ0) is 21.0.